The second-order valence-electron chi connectivity index (χ2n) is 5.70. The first-order chi connectivity index (χ1) is 10.5. The van der Waals surface area contributed by atoms with Crippen LogP contribution in [-0.4, -0.2) is 45.4 Å². The number of rotatable bonds is 3. The summed E-state index contributed by atoms with van der Waals surface area (Å²) in [5.74, 6) is -0.447. The number of sulfonamides is 1. The number of methoxy groups -OCH3 is 1. The van der Waals surface area contributed by atoms with E-state index in [0.717, 1.165) is 24.2 Å². The molecule has 1 aromatic carbocycles. The van der Waals surface area contributed by atoms with Gasteiger partial charge in [-0.25, -0.2) is 8.42 Å². The van der Waals surface area contributed by atoms with Gasteiger partial charge in [-0.2, -0.15) is 4.31 Å². The zero-order chi connectivity index (χ0) is 15.7. The molecule has 0 radical (unpaired) electrons. The zero-order valence-electron chi connectivity index (χ0n) is 12.5. The van der Waals surface area contributed by atoms with Crippen molar-refractivity contribution in [2.24, 2.45) is 5.92 Å². The minimum absolute atomic E-state index is 0.196. The molecule has 7 heteroatoms. The molecule has 2 aliphatic rings. The number of anilines is 1. The van der Waals surface area contributed by atoms with Crippen molar-refractivity contribution >= 4 is 21.7 Å². The summed E-state index contributed by atoms with van der Waals surface area (Å²) in [6, 6.07) is 5.26. The lowest BCUT2D eigenvalue weighted by atomic mass is 9.99. The van der Waals surface area contributed by atoms with Crippen molar-refractivity contribution in [3.05, 3.63) is 23.8 Å². The van der Waals surface area contributed by atoms with Crippen LogP contribution >= 0.6 is 0 Å². The van der Waals surface area contributed by atoms with Gasteiger partial charge in [0.25, 0.3) is 0 Å². The van der Waals surface area contributed by atoms with E-state index in [1.165, 1.54) is 11.4 Å². The molecular weight excluding hydrogens is 304 g/mol. The Balaban J connectivity index is 1.75. The lowest BCUT2D eigenvalue weighted by Gasteiger charge is -2.30. The fourth-order valence-electron chi connectivity index (χ4n) is 3.08. The molecule has 1 saturated heterocycles. The number of ether oxygens (including phenoxy) is 1. The first kappa shape index (κ1) is 15.3. The van der Waals surface area contributed by atoms with E-state index in [1.807, 2.05) is 6.07 Å². The van der Waals surface area contributed by atoms with Crippen LogP contribution in [0.4, 0.5) is 5.69 Å². The molecule has 0 unspecified atom stereocenters. The highest BCUT2D eigenvalue weighted by Gasteiger charge is 2.32. The van der Waals surface area contributed by atoms with Crippen LogP contribution in [0.5, 0.6) is 0 Å². The number of piperidine rings is 1. The van der Waals surface area contributed by atoms with Crippen molar-refractivity contribution in [1.29, 1.82) is 0 Å². The van der Waals surface area contributed by atoms with Crippen LogP contribution in [0.1, 0.15) is 18.4 Å². The van der Waals surface area contributed by atoms with Crippen LogP contribution < -0.4 is 5.32 Å². The molecule has 1 aromatic rings. The Morgan fingerprint density at radius 1 is 1.32 bits per heavy atom. The average molecular weight is 324 g/mol. The molecule has 22 heavy (non-hydrogen) atoms. The van der Waals surface area contributed by atoms with Gasteiger partial charge in [-0.05, 0) is 37.0 Å². The van der Waals surface area contributed by atoms with Crippen LogP contribution in [0.15, 0.2) is 23.1 Å². The molecule has 0 aromatic heterocycles. The summed E-state index contributed by atoms with van der Waals surface area (Å²) in [5, 5.41) is 3.20. The monoisotopic (exact) mass is 324 g/mol. The predicted octanol–water partition coefficient (Wildman–Crippen LogP) is 1.23. The van der Waals surface area contributed by atoms with E-state index in [9.17, 15) is 13.2 Å². The number of benzene rings is 1. The molecule has 3 rings (SSSR count). The Morgan fingerprint density at radius 3 is 2.73 bits per heavy atom. The normalized spacial score (nSPS) is 19.5. The lowest BCUT2D eigenvalue weighted by molar-refractivity contribution is -0.146. The maximum absolute atomic E-state index is 12.7. The van der Waals surface area contributed by atoms with Crippen LogP contribution in [0.25, 0.3) is 0 Å². The summed E-state index contributed by atoms with van der Waals surface area (Å²) < 4.78 is 31.6. The minimum Gasteiger partial charge on any atom is -0.469 e. The molecule has 120 valence electrons. The fourth-order valence-corrected chi connectivity index (χ4v) is 4.57. The summed E-state index contributed by atoms with van der Waals surface area (Å²) in [7, 11) is -2.13. The molecule has 0 saturated carbocycles. The summed E-state index contributed by atoms with van der Waals surface area (Å²) in [4.78, 5) is 11.8. The van der Waals surface area contributed by atoms with Crippen molar-refractivity contribution in [2.45, 2.75) is 24.2 Å². The zero-order valence-corrected chi connectivity index (χ0v) is 13.4. The number of hydrogen-bond donors (Lipinski definition) is 1. The number of carbonyl (C=O) groups is 1. The summed E-state index contributed by atoms with van der Waals surface area (Å²) in [6.07, 6.45) is 1.95. The number of fused-ring (bicyclic) bond motifs is 1. The van der Waals surface area contributed by atoms with Crippen LogP contribution in [0, 0.1) is 5.92 Å². The van der Waals surface area contributed by atoms with Crippen molar-refractivity contribution in [2.75, 3.05) is 32.1 Å². The summed E-state index contributed by atoms with van der Waals surface area (Å²) in [5.41, 5.74) is 2.06. The molecule has 0 bridgehead atoms. The largest absolute Gasteiger partial charge is 0.469 e. The highest BCUT2D eigenvalue weighted by Crippen LogP contribution is 2.29. The third-order valence-corrected chi connectivity index (χ3v) is 6.31. The van der Waals surface area contributed by atoms with Gasteiger partial charge in [0.05, 0.1) is 17.9 Å². The van der Waals surface area contributed by atoms with Crippen molar-refractivity contribution in [3.8, 4) is 0 Å². The standard InChI is InChI=1S/C15H20N2O4S/c1-21-15(18)12-5-8-17(9-6-12)22(19,20)13-3-2-11-4-7-16-14(11)10-13/h2-3,10,12,16H,4-9H2,1H3. The first-order valence-corrected chi connectivity index (χ1v) is 8.91. The van der Waals surface area contributed by atoms with E-state index in [1.54, 1.807) is 12.1 Å². The Kier molecular flexibility index (Phi) is 4.10. The first-order valence-electron chi connectivity index (χ1n) is 7.47. The van der Waals surface area contributed by atoms with Gasteiger partial charge in [-0.15, -0.1) is 0 Å². The molecule has 0 aliphatic carbocycles. The summed E-state index contributed by atoms with van der Waals surface area (Å²) in [6.45, 7) is 1.56. The number of nitrogens with zero attached hydrogens (tertiary/aromatic N) is 1. The maximum atomic E-state index is 12.7. The molecule has 6 nitrogen and oxygen atoms in total. The minimum atomic E-state index is -3.50. The number of carbonyl (C=O) groups excluding carboxylic acids is 1. The quantitative estimate of drug-likeness (QED) is 0.846. The predicted molar refractivity (Wildman–Crippen MR) is 82.1 cm³/mol. The molecular formula is C15H20N2O4S. The number of nitrogens with one attached hydrogen (secondary N) is 1. The van der Waals surface area contributed by atoms with E-state index in [-0.39, 0.29) is 11.9 Å². The van der Waals surface area contributed by atoms with E-state index in [0.29, 0.717) is 30.8 Å². The van der Waals surface area contributed by atoms with E-state index >= 15 is 0 Å². The van der Waals surface area contributed by atoms with Crippen LogP contribution in [0.3, 0.4) is 0 Å². The van der Waals surface area contributed by atoms with Gasteiger partial charge in [-0.1, -0.05) is 6.07 Å². The third-order valence-electron chi connectivity index (χ3n) is 4.42. The van der Waals surface area contributed by atoms with Gasteiger partial charge in [0.1, 0.15) is 0 Å². The van der Waals surface area contributed by atoms with Gasteiger partial charge in [0.15, 0.2) is 0 Å². The van der Waals surface area contributed by atoms with Gasteiger partial charge in [0.2, 0.25) is 10.0 Å². The molecule has 1 N–H and O–H groups in total. The second kappa shape index (κ2) is 5.89. The van der Waals surface area contributed by atoms with E-state index in [4.69, 9.17) is 4.74 Å². The molecule has 2 heterocycles. The maximum Gasteiger partial charge on any atom is 0.308 e. The molecule has 2 aliphatic heterocycles. The Bertz CT molecular complexity index is 679. The van der Waals surface area contributed by atoms with Gasteiger partial charge in [0, 0.05) is 25.3 Å². The molecule has 1 fully saturated rings. The highest BCUT2D eigenvalue weighted by atomic mass is 32.2. The second-order valence-corrected chi connectivity index (χ2v) is 7.64. The van der Waals surface area contributed by atoms with E-state index in [2.05, 4.69) is 5.32 Å². The summed E-state index contributed by atoms with van der Waals surface area (Å²) >= 11 is 0. The molecule has 0 amide bonds. The van der Waals surface area contributed by atoms with E-state index < -0.39 is 10.0 Å². The van der Waals surface area contributed by atoms with Crippen molar-refractivity contribution in [3.63, 3.8) is 0 Å². The Hall–Kier alpha value is -1.60. The van der Waals surface area contributed by atoms with Gasteiger partial charge >= 0.3 is 5.97 Å². The highest BCUT2D eigenvalue weighted by molar-refractivity contribution is 7.89. The third kappa shape index (κ3) is 2.70. The average Bonchev–Trinajstić information content (AvgIpc) is 3.01. The fraction of sp³-hybridized carbons (Fsp3) is 0.533. The number of hydrogen-bond acceptors (Lipinski definition) is 5. The van der Waals surface area contributed by atoms with Crippen LogP contribution in [0.2, 0.25) is 0 Å². The van der Waals surface area contributed by atoms with Crippen molar-refractivity contribution < 1.29 is 17.9 Å². The molecule has 0 spiro atoms. The molecule has 0 atom stereocenters. The Labute approximate surface area is 130 Å². The van der Waals surface area contributed by atoms with Crippen molar-refractivity contribution in [1.82, 2.24) is 4.31 Å². The smallest absolute Gasteiger partial charge is 0.308 e. The SMILES string of the molecule is COC(=O)C1CCN(S(=O)(=O)c2ccc3c(c2)NCC3)CC1. The van der Waals surface area contributed by atoms with Gasteiger partial charge in [-0.3, -0.25) is 4.79 Å². The topological polar surface area (TPSA) is 75.7 Å². The van der Waals surface area contributed by atoms with Gasteiger partial charge < -0.3 is 10.1 Å². The lowest BCUT2D eigenvalue weighted by Crippen LogP contribution is -2.40. The van der Waals surface area contributed by atoms with Crippen LogP contribution in [-0.2, 0) is 26.0 Å². The Morgan fingerprint density at radius 2 is 2.05 bits per heavy atom. The number of esters is 1.